The van der Waals surface area contributed by atoms with Gasteiger partial charge >= 0.3 is 0 Å². The molecule has 0 N–H and O–H groups in total. The van der Waals surface area contributed by atoms with Crippen LogP contribution < -0.4 is 0 Å². The van der Waals surface area contributed by atoms with Crippen LogP contribution in [0.3, 0.4) is 0 Å². The summed E-state index contributed by atoms with van der Waals surface area (Å²) in [5.74, 6) is 1.14. The van der Waals surface area contributed by atoms with Crippen molar-refractivity contribution in [1.82, 2.24) is 0 Å². The highest BCUT2D eigenvalue weighted by Crippen LogP contribution is 2.45. The first-order valence-electron chi connectivity index (χ1n) is 5.02. The summed E-state index contributed by atoms with van der Waals surface area (Å²) >= 11 is 0. The van der Waals surface area contributed by atoms with E-state index in [0.29, 0.717) is 11.8 Å². The quantitative estimate of drug-likeness (QED) is 0.600. The molecule has 12 heavy (non-hydrogen) atoms. The normalized spacial score (nSPS) is 33.8. The minimum absolute atomic E-state index is 0.172. The zero-order valence-corrected chi connectivity index (χ0v) is 8.01. The van der Waals surface area contributed by atoms with E-state index in [1.807, 2.05) is 0 Å². The van der Waals surface area contributed by atoms with Gasteiger partial charge in [0.15, 0.2) is 5.79 Å². The lowest BCUT2D eigenvalue weighted by Crippen LogP contribution is -2.37. The molecule has 2 nitrogen and oxygen atoms in total. The average Bonchev–Trinajstić information content (AvgIpc) is 2.61. The maximum Gasteiger partial charge on any atom is 0.171 e. The Balaban J connectivity index is 2.12. The van der Waals surface area contributed by atoms with E-state index in [1.54, 1.807) is 0 Å². The largest absolute Gasteiger partial charge is 0.347 e. The molecule has 2 rings (SSSR count). The van der Waals surface area contributed by atoms with Crippen molar-refractivity contribution in [1.29, 1.82) is 0 Å². The first-order valence-corrected chi connectivity index (χ1v) is 5.02. The predicted octanol–water partition coefficient (Wildman–Crippen LogP) is 2.19. The van der Waals surface area contributed by atoms with Crippen LogP contribution in [0.4, 0.5) is 0 Å². The Kier molecular flexibility index (Phi) is 2.13. The third-order valence-electron chi connectivity index (χ3n) is 3.19. The van der Waals surface area contributed by atoms with Crippen LogP contribution in [-0.4, -0.2) is 19.0 Å². The van der Waals surface area contributed by atoms with Gasteiger partial charge in [0.05, 0.1) is 13.2 Å². The molecule has 0 radical (unpaired) electrons. The van der Waals surface area contributed by atoms with Crippen molar-refractivity contribution >= 4 is 0 Å². The number of hydrogen-bond donors (Lipinski definition) is 0. The van der Waals surface area contributed by atoms with E-state index >= 15 is 0 Å². The summed E-state index contributed by atoms with van der Waals surface area (Å²) in [6, 6.07) is 0. The summed E-state index contributed by atoms with van der Waals surface area (Å²) in [4.78, 5) is 0. The molecule has 1 heterocycles. The fourth-order valence-corrected chi connectivity index (χ4v) is 2.64. The van der Waals surface area contributed by atoms with E-state index in [0.717, 1.165) is 19.6 Å². The van der Waals surface area contributed by atoms with Gasteiger partial charge in [0.25, 0.3) is 0 Å². The van der Waals surface area contributed by atoms with Crippen LogP contribution in [0.1, 0.15) is 33.1 Å². The van der Waals surface area contributed by atoms with Gasteiger partial charge in [-0.2, -0.15) is 0 Å². The Hall–Kier alpha value is -0.0800. The molecule has 2 aliphatic rings. The Bertz CT molecular complexity index is 154. The Morgan fingerprint density at radius 2 is 1.92 bits per heavy atom. The van der Waals surface area contributed by atoms with Gasteiger partial charge < -0.3 is 9.47 Å². The number of rotatable bonds is 1. The second-order valence-corrected chi connectivity index (χ2v) is 4.25. The van der Waals surface area contributed by atoms with Crippen molar-refractivity contribution in [2.75, 3.05) is 13.2 Å². The van der Waals surface area contributed by atoms with Gasteiger partial charge in [0.2, 0.25) is 0 Å². The minimum Gasteiger partial charge on any atom is -0.347 e. The smallest absolute Gasteiger partial charge is 0.171 e. The van der Waals surface area contributed by atoms with Crippen molar-refractivity contribution in [3.8, 4) is 0 Å². The van der Waals surface area contributed by atoms with Crippen LogP contribution in [0.15, 0.2) is 0 Å². The van der Waals surface area contributed by atoms with Crippen LogP contribution in [0.2, 0.25) is 0 Å². The molecule has 1 spiro atoms. The topological polar surface area (TPSA) is 18.5 Å². The van der Waals surface area contributed by atoms with E-state index in [-0.39, 0.29) is 5.79 Å². The van der Waals surface area contributed by atoms with Gasteiger partial charge in [0, 0.05) is 12.3 Å². The molecule has 0 aromatic rings. The monoisotopic (exact) mass is 170 g/mol. The molecule has 1 aliphatic carbocycles. The molecule has 1 aliphatic heterocycles. The first-order chi connectivity index (χ1) is 5.75. The van der Waals surface area contributed by atoms with Gasteiger partial charge in [-0.1, -0.05) is 13.8 Å². The average molecular weight is 170 g/mol. The Morgan fingerprint density at radius 3 is 2.50 bits per heavy atom. The summed E-state index contributed by atoms with van der Waals surface area (Å²) in [5, 5.41) is 0. The lowest BCUT2D eigenvalue weighted by Gasteiger charge is -2.31. The molecule has 2 heteroatoms. The zero-order chi connectivity index (χ0) is 8.60. The lowest BCUT2D eigenvalue weighted by molar-refractivity contribution is -0.189. The molecule has 0 bridgehead atoms. The van der Waals surface area contributed by atoms with Crippen molar-refractivity contribution in [2.24, 2.45) is 11.8 Å². The molecule has 1 atom stereocenters. The van der Waals surface area contributed by atoms with E-state index in [1.165, 1.54) is 12.8 Å². The van der Waals surface area contributed by atoms with E-state index < -0.39 is 0 Å². The third-order valence-corrected chi connectivity index (χ3v) is 3.19. The lowest BCUT2D eigenvalue weighted by atomic mass is 9.90. The van der Waals surface area contributed by atoms with E-state index in [9.17, 15) is 0 Å². The zero-order valence-electron chi connectivity index (χ0n) is 8.01. The molecule has 1 unspecified atom stereocenters. The standard InChI is InChI=1S/C10H18O2/c1-8(2)9-4-3-5-10(9)11-6-7-12-10/h8-9H,3-7H2,1-2H3. The van der Waals surface area contributed by atoms with Crippen molar-refractivity contribution in [2.45, 2.75) is 38.9 Å². The first kappa shape index (κ1) is 8.52. The second-order valence-electron chi connectivity index (χ2n) is 4.25. The Labute approximate surface area is 74.2 Å². The summed E-state index contributed by atoms with van der Waals surface area (Å²) in [7, 11) is 0. The summed E-state index contributed by atoms with van der Waals surface area (Å²) < 4.78 is 11.5. The SMILES string of the molecule is CC(C)C1CCCC12OCCO2. The molecule has 1 saturated carbocycles. The van der Waals surface area contributed by atoms with Gasteiger partial charge in [-0.25, -0.2) is 0 Å². The van der Waals surface area contributed by atoms with Gasteiger partial charge in [-0.15, -0.1) is 0 Å². The summed E-state index contributed by atoms with van der Waals surface area (Å²) in [6.07, 6.45) is 3.65. The fraction of sp³-hybridized carbons (Fsp3) is 1.00. The number of ether oxygens (including phenoxy) is 2. The van der Waals surface area contributed by atoms with Crippen LogP contribution in [0.25, 0.3) is 0 Å². The highest BCUT2D eigenvalue weighted by Gasteiger charge is 2.48. The van der Waals surface area contributed by atoms with Gasteiger partial charge in [0.1, 0.15) is 0 Å². The maximum absolute atomic E-state index is 5.75. The highest BCUT2D eigenvalue weighted by molar-refractivity contribution is 4.90. The molecule has 1 saturated heterocycles. The molecule has 0 aromatic carbocycles. The minimum atomic E-state index is -0.172. The highest BCUT2D eigenvalue weighted by atomic mass is 16.7. The summed E-state index contributed by atoms with van der Waals surface area (Å²) in [5.41, 5.74) is 0. The van der Waals surface area contributed by atoms with Crippen LogP contribution in [0, 0.1) is 11.8 Å². The van der Waals surface area contributed by atoms with Crippen molar-refractivity contribution in [3.05, 3.63) is 0 Å². The van der Waals surface area contributed by atoms with Crippen LogP contribution >= 0.6 is 0 Å². The van der Waals surface area contributed by atoms with Crippen LogP contribution in [0.5, 0.6) is 0 Å². The molecule has 70 valence electrons. The van der Waals surface area contributed by atoms with E-state index in [4.69, 9.17) is 9.47 Å². The van der Waals surface area contributed by atoms with E-state index in [2.05, 4.69) is 13.8 Å². The Morgan fingerprint density at radius 1 is 1.25 bits per heavy atom. The molecular formula is C10H18O2. The fourth-order valence-electron chi connectivity index (χ4n) is 2.64. The molecule has 0 aromatic heterocycles. The maximum atomic E-state index is 5.75. The van der Waals surface area contributed by atoms with Gasteiger partial charge in [-0.3, -0.25) is 0 Å². The molecular weight excluding hydrogens is 152 g/mol. The van der Waals surface area contributed by atoms with Crippen LogP contribution in [-0.2, 0) is 9.47 Å². The van der Waals surface area contributed by atoms with Crippen molar-refractivity contribution < 1.29 is 9.47 Å². The third kappa shape index (κ3) is 1.17. The number of hydrogen-bond acceptors (Lipinski definition) is 2. The predicted molar refractivity (Wildman–Crippen MR) is 46.8 cm³/mol. The van der Waals surface area contributed by atoms with Crippen molar-refractivity contribution in [3.63, 3.8) is 0 Å². The molecule has 2 fully saturated rings. The van der Waals surface area contributed by atoms with Gasteiger partial charge in [-0.05, 0) is 18.8 Å². The summed E-state index contributed by atoms with van der Waals surface area (Å²) in [6.45, 7) is 6.12. The second kappa shape index (κ2) is 3.00. The molecule has 0 amide bonds.